The molecule has 2 saturated heterocycles. The van der Waals surface area contributed by atoms with E-state index in [0.717, 1.165) is 31.4 Å². The summed E-state index contributed by atoms with van der Waals surface area (Å²) in [5.41, 5.74) is 0.833. The molecule has 2 aliphatic heterocycles. The molecule has 5 nitrogen and oxygen atoms in total. The maximum absolute atomic E-state index is 10.2. The zero-order chi connectivity index (χ0) is 13.5. The van der Waals surface area contributed by atoms with E-state index in [2.05, 4.69) is 0 Å². The van der Waals surface area contributed by atoms with Crippen molar-refractivity contribution in [1.82, 2.24) is 0 Å². The van der Waals surface area contributed by atoms with E-state index in [0.29, 0.717) is 6.61 Å². The molecule has 0 spiro atoms. The smallest absolute Gasteiger partial charge is 0.164 e. The maximum Gasteiger partial charge on any atom is 0.164 e. The molecule has 0 aromatic carbocycles. The molecule has 2 heterocycles. The van der Waals surface area contributed by atoms with Crippen molar-refractivity contribution in [2.75, 3.05) is 13.2 Å². The molecule has 5 heteroatoms. The number of fused-ring (bicyclic) bond motifs is 1. The first-order valence-corrected chi connectivity index (χ1v) is 7.03. The van der Waals surface area contributed by atoms with E-state index in [-0.39, 0.29) is 18.5 Å². The quantitative estimate of drug-likeness (QED) is 0.785. The number of hydrogen-bond acceptors (Lipinski definition) is 5. The fourth-order valence-electron chi connectivity index (χ4n) is 2.88. The second-order valence-electron chi connectivity index (χ2n) is 5.86. The van der Waals surface area contributed by atoms with Crippen LogP contribution in [0.5, 0.6) is 0 Å². The van der Waals surface area contributed by atoms with Gasteiger partial charge in [0.25, 0.3) is 0 Å². The lowest BCUT2D eigenvalue weighted by Crippen LogP contribution is -2.32. The van der Waals surface area contributed by atoms with Gasteiger partial charge in [-0.15, -0.1) is 0 Å². The molecule has 2 fully saturated rings. The highest BCUT2D eigenvalue weighted by atomic mass is 16.8. The lowest BCUT2D eigenvalue weighted by atomic mass is 10.1. The first-order chi connectivity index (χ1) is 9.05. The molecule has 1 unspecified atom stereocenters. The second-order valence-corrected chi connectivity index (χ2v) is 5.86. The number of aliphatic hydroxyl groups is 1. The van der Waals surface area contributed by atoms with Gasteiger partial charge in [-0.1, -0.05) is 0 Å². The SMILES string of the molecule is CC1(C)O[C@H]2[C@H](O)C(COC3CCCCO3)=C[C@H]2O1. The minimum atomic E-state index is -0.643. The van der Waals surface area contributed by atoms with Crippen LogP contribution in [0.25, 0.3) is 0 Å². The van der Waals surface area contributed by atoms with Crippen molar-refractivity contribution in [3.63, 3.8) is 0 Å². The summed E-state index contributed by atoms with van der Waals surface area (Å²) in [5, 5.41) is 10.2. The Morgan fingerprint density at radius 2 is 2.21 bits per heavy atom. The third-order valence-electron chi connectivity index (χ3n) is 3.81. The summed E-state index contributed by atoms with van der Waals surface area (Å²) in [5.74, 6) is -0.619. The molecular formula is C14H22O5. The van der Waals surface area contributed by atoms with Crippen LogP contribution < -0.4 is 0 Å². The summed E-state index contributed by atoms with van der Waals surface area (Å²) in [6, 6.07) is 0. The zero-order valence-corrected chi connectivity index (χ0v) is 11.5. The fourth-order valence-corrected chi connectivity index (χ4v) is 2.88. The van der Waals surface area contributed by atoms with Gasteiger partial charge in [0, 0.05) is 6.61 Å². The van der Waals surface area contributed by atoms with Crippen LogP contribution in [0, 0.1) is 0 Å². The van der Waals surface area contributed by atoms with E-state index in [9.17, 15) is 5.11 Å². The summed E-state index contributed by atoms with van der Waals surface area (Å²) < 4.78 is 22.6. The Labute approximate surface area is 113 Å². The van der Waals surface area contributed by atoms with Gasteiger partial charge in [-0.3, -0.25) is 0 Å². The molecule has 3 aliphatic rings. The van der Waals surface area contributed by atoms with E-state index in [1.807, 2.05) is 19.9 Å². The first kappa shape index (κ1) is 13.5. The number of aliphatic hydroxyl groups excluding tert-OH is 1. The molecule has 108 valence electrons. The second kappa shape index (κ2) is 5.14. The largest absolute Gasteiger partial charge is 0.386 e. The van der Waals surface area contributed by atoms with E-state index in [4.69, 9.17) is 18.9 Å². The Hall–Kier alpha value is -0.460. The molecule has 1 N–H and O–H groups in total. The van der Waals surface area contributed by atoms with Crippen molar-refractivity contribution in [2.45, 2.75) is 63.5 Å². The fraction of sp³-hybridized carbons (Fsp3) is 0.857. The molecule has 0 amide bonds. The van der Waals surface area contributed by atoms with Crippen LogP contribution in [-0.2, 0) is 18.9 Å². The Kier molecular flexibility index (Phi) is 3.66. The van der Waals surface area contributed by atoms with Crippen molar-refractivity contribution < 1.29 is 24.1 Å². The first-order valence-electron chi connectivity index (χ1n) is 7.03. The van der Waals surface area contributed by atoms with Gasteiger partial charge in [-0.25, -0.2) is 0 Å². The lowest BCUT2D eigenvalue weighted by molar-refractivity contribution is -0.165. The van der Waals surface area contributed by atoms with Crippen LogP contribution in [0.1, 0.15) is 33.1 Å². The van der Waals surface area contributed by atoms with Gasteiger partial charge >= 0.3 is 0 Å². The standard InChI is InChI=1S/C14H22O5/c1-14(2)18-10-7-9(12(15)13(10)19-14)8-17-11-5-3-4-6-16-11/h7,10-13,15H,3-6,8H2,1-2H3/t10-,11?,12-,13-/m1/s1. The van der Waals surface area contributed by atoms with E-state index < -0.39 is 11.9 Å². The van der Waals surface area contributed by atoms with Crippen LogP contribution >= 0.6 is 0 Å². The van der Waals surface area contributed by atoms with Gasteiger partial charge in [0.05, 0.1) is 6.61 Å². The molecule has 0 saturated carbocycles. The van der Waals surface area contributed by atoms with Crippen LogP contribution in [-0.4, -0.2) is 48.7 Å². The van der Waals surface area contributed by atoms with E-state index in [1.54, 1.807) is 0 Å². The van der Waals surface area contributed by atoms with Crippen LogP contribution in [0.2, 0.25) is 0 Å². The summed E-state index contributed by atoms with van der Waals surface area (Å²) in [6.07, 6.45) is 3.83. The minimum absolute atomic E-state index is 0.138. The highest BCUT2D eigenvalue weighted by Crippen LogP contribution is 2.37. The van der Waals surface area contributed by atoms with Crippen LogP contribution in [0.4, 0.5) is 0 Å². The Morgan fingerprint density at radius 3 is 2.89 bits per heavy atom. The number of ether oxygens (including phenoxy) is 4. The average molecular weight is 270 g/mol. The van der Waals surface area contributed by atoms with Gasteiger partial charge in [0.1, 0.15) is 18.3 Å². The summed E-state index contributed by atoms with van der Waals surface area (Å²) in [4.78, 5) is 0. The molecule has 0 aromatic rings. The molecule has 1 aliphatic carbocycles. The van der Waals surface area contributed by atoms with E-state index in [1.165, 1.54) is 0 Å². The lowest BCUT2D eigenvalue weighted by Gasteiger charge is -2.24. The summed E-state index contributed by atoms with van der Waals surface area (Å²) in [7, 11) is 0. The van der Waals surface area contributed by atoms with Gasteiger partial charge in [0.2, 0.25) is 0 Å². The molecule has 0 radical (unpaired) electrons. The van der Waals surface area contributed by atoms with Crippen molar-refractivity contribution in [1.29, 1.82) is 0 Å². The van der Waals surface area contributed by atoms with Gasteiger partial charge in [-0.2, -0.15) is 0 Å². The Balaban J connectivity index is 1.54. The monoisotopic (exact) mass is 270 g/mol. The highest BCUT2D eigenvalue weighted by molar-refractivity contribution is 5.24. The molecule has 4 atom stereocenters. The maximum atomic E-state index is 10.2. The van der Waals surface area contributed by atoms with Crippen molar-refractivity contribution in [3.8, 4) is 0 Å². The summed E-state index contributed by atoms with van der Waals surface area (Å²) in [6.45, 7) is 4.86. The number of hydrogen-bond donors (Lipinski definition) is 1. The van der Waals surface area contributed by atoms with E-state index >= 15 is 0 Å². The van der Waals surface area contributed by atoms with Crippen LogP contribution in [0.3, 0.4) is 0 Å². The third kappa shape index (κ3) is 2.85. The van der Waals surface area contributed by atoms with Gasteiger partial charge in [-0.05, 0) is 44.8 Å². The highest BCUT2D eigenvalue weighted by Gasteiger charge is 2.48. The predicted molar refractivity (Wildman–Crippen MR) is 67.5 cm³/mol. The molecule has 19 heavy (non-hydrogen) atoms. The molecule has 0 aromatic heterocycles. The Bertz CT molecular complexity index is 359. The predicted octanol–water partition coefficient (Wildman–Crippen LogP) is 1.35. The van der Waals surface area contributed by atoms with Gasteiger partial charge in [0.15, 0.2) is 12.1 Å². The summed E-state index contributed by atoms with van der Waals surface area (Å²) >= 11 is 0. The molecule has 0 bridgehead atoms. The Morgan fingerprint density at radius 1 is 1.37 bits per heavy atom. The van der Waals surface area contributed by atoms with Crippen LogP contribution in [0.15, 0.2) is 11.6 Å². The third-order valence-corrected chi connectivity index (χ3v) is 3.81. The van der Waals surface area contributed by atoms with Crippen molar-refractivity contribution in [2.24, 2.45) is 0 Å². The van der Waals surface area contributed by atoms with Gasteiger partial charge < -0.3 is 24.1 Å². The van der Waals surface area contributed by atoms with Crippen molar-refractivity contribution in [3.05, 3.63) is 11.6 Å². The minimum Gasteiger partial charge on any atom is -0.386 e. The van der Waals surface area contributed by atoms with Crippen molar-refractivity contribution >= 4 is 0 Å². The average Bonchev–Trinajstić information content (AvgIpc) is 2.83. The number of rotatable bonds is 3. The molecule has 3 rings (SSSR count). The normalized spacial score (nSPS) is 41.1. The topological polar surface area (TPSA) is 57.2 Å². The zero-order valence-electron chi connectivity index (χ0n) is 11.5. The molecular weight excluding hydrogens is 248 g/mol.